The van der Waals surface area contributed by atoms with Crippen molar-refractivity contribution in [3.63, 3.8) is 0 Å². The second kappa shape index (κ2) is 8.40. The predicted octanol–water partition coefficient (Wildman–Crippen LogP) is 1.96. The molecule has 0 heterocycles. The molecule has 0 aliphatic heterocycles. The van der Waals surface area contributed by atoms with E-state index < -0.39 is 0 Å². The van der Waals surface area contributed by atoms with E-state index >= 15 is 0 Å². The Kier molecular flexibility index (Phi) is 7.16. The summed E-state index contributed by atoms with van der Waals surface area (Å²) in [6, 6.07) is 8.95. The van der Waals surface area contributed by atoms with Gasteiger partial charge in [0.1, 0.15) is 0 Å². The minimum absolute atomic E-state index is 0.248. The number of anilines is 1. The number of nitrogens with one attached hydrogen (secondary N) is 1. The maximum Gasteiger partial charge on any atom is 0.0446 e. The molecule has 0 saturated heterocycles. The molecule has 0 amide bonds. The Morgan fingerprint density at radius 2 is 1.94 bits per heavy atom. The minimum atomic E-state index is 0.248. The molecule has 3 nitrogen and oxygen atoms in total. The van der Waals surface area contributed by atoms with Crippen molar-refractivity contribution >= 4 is 17.4 Å². The summed E-state index contributed by atoms with van der Waals surface area (Å²) in [4.78, 5) is 2.10. The van der Waals surface area contributed by atoms with Crippen molar-refractivity contribution < 1.29 is 5.11 Å². The molecule has 2 N–H and O–H groups in total. The summed E-state index contributed by atoms with van der Waals surface area (Å²) in [5.74, 6) is 1.04. The first-order chi connectivity index (χ1) is 8.67. The number of thioether (sulfide) groups is 1. The first kappa shape index (κ1) is 15.3. The van der Waals surface area contributed by atoms with E-state index in [2.05, 4.69) is 40.7 Å². The molecule has 0 fully saturated rings. The van der Waals surface area contributed by atoms with Crippen molar-refractivity contribution in [2.45, 2.75) is 19.0 Å². The lowest BCUT2D eigenvalue weighted by Gasteiger charge is -2.17. The van der Waals surface area contributed by atoms with Crippen LogP contribution < -0.4 is 10.2 Å². The number of nitrogens with zero attached hydrogens (tertiary/aromatic N) is 1. The third-order valence-electron chi connectivity index (χ3n) is 2.89. The Morgan fingerprint density at radius 3 is 2.44 bits per heavy atom. The molecule has 0 spiro atoms. The monoisotopic (exact) mass is 268 g/mol. The molecule has 4 heteroatoms. The fraction of sp³-hybridized carbons (Fsp3) is 0.571. The van der Waals surface area contributed by atoms with E-state index in [9.17, 15) is 0 Å². The molecule has 1 unspecified atom stereocenters. The molecular formula is C14H24N2OS. The van der Waals surface area contributed by atoms with Gasteiger partial charge in [-0.3, -0.25) is 0 Å². The van der Waals surface area contributed by atoms with Gasteiger partial charge in [-0.25, -0.2) is 0 Å². The summed E-state index contributed by atoms with van der Waals surface area (Å²) in [5.41, 5.74) is 2.50. The molecule has 1 aromatic carbocycles. The molecule has 0 bridgehead atoms. The number of aliphatic hydroxyl groups excluding tert-OH is 1. The molecular weight excluding hydrogens is 244 g/mol. The zero-order valence-corrected chi connectivity index (χ0v) is 12.3. The Balaban J connectivity index is 2.46. The topological polar surface area (TPSA) is 35.5 Å². The van der Waals surface area contributed by atoms with Gasteiger partial charge in [0.05, 0.1) is 0 Å². The fourth-order valence-corrected chi connectivity index (χ4v) is 2.46. The van der Waals surface area contributed by atoms with E-state index in [1.807, 2.05) is 25.9 Å². The third kappa shape index (κ3) is 5.29. The highest BCUT2D eigenvalue weighted by Gasteiger charge is 2.06. The SMILES string of the molecule is CSCC(CCO)NCc1ccc(N(C)C)cc1. The molecule has 1 atom stereocenters. The van der Waals surface area contributed by atoms with Crippen molar-refractivity contribution in [3.8, 4) is 0 Å². The number of hydrogen-bond donors (Lipinski definition) is 2. The van der Waals surface area contributed by atoms with Gasteiger partial charge in [0, 0.05) is 44.7 Å². The molecule has 0 aliphatic carbocycles. The van der Waals surface area contributed by atoms with Gasteiger partial charge in [-0.15, -0.1) is 0 Å². The lowest BCUT2D eigenvalue weighted by molar-refractivity contribution is 0.270. The number of rotatable bonds is 8. The van der Waals surface area contributed by atoms with Crippen LogP contribution in [0.5, 0.6) is 0 Å². The smallest absolute Gasteiger partial charge is 0.0446 e. The molecule has 1 rings (SSSR count). The summed E-state index contributed by atoms with van der Waals surface area (Å²) < 4.78 is 0. The van der Waals surface area contributed by atoms with Crippen LogP contribution in [-0.2, 0) is 6.54 Å². The van der Waals surface area contributed by atoms with Gasteiger partial charge >= 0.3 is 0 Å². The van der Waals surface area contributed by atoms with E-state index in [0.717, 1.165) is 18.7 Å². The van der Waals surface area contributed by atoms with Crippen LogP contribution in [0.4, 0.5) is 5.69 Å². The van der Waals surface area contributed by atoms with Crippen LogP contribution in [0.2, 0.25) is 0 Å². The third-order valence-corrected chi connectivity index (χ3v) is 3.63. The van der Waals surface area contributed by atoms with Gasteiger partial charge < -0.3 is 15.3 Å². The Labute approximate surface area is 115 Å². The van der Waals surface area contributed by atoms with E-state index in [0.29, 0.717) is 6.04 Å². The Bertz CT molecular complexity index is 321. The molecule has 0 aromatic heterocycles. The van der Waals surface area contributed by atoms with Crippen LogP contribution in [0.25, 0.3) is 0 Å². The molecule has 102 valence electrons. The maximum atomic E-state index is 9.00. The van der Waals surface area contributed by atoms with Crippen LogP contribution in [0.1, 0.15) is 12.0 Å². The van der Waals surface area contributed by atoms with Crippen molar-refractivity contribution in [3.05, 3.63) is 29.8 Å². The van der Waals surface area contributed by atoms with E-state index in [1.165, 1.54) is 11.3 Å². The zero-order chi connectivity index (χ0) is 13.4. The van der Waals surface area contributed by atoms with Crippen molar-refractivity contribution in [1.29, 1.82) is 0 Å². The molecule has 18 heavy (non-hydrogen) atoms. The molecule has 0 radical (unpaired) electrons. The van der Waals surface area contributed by atoms with E-state index in [4.69, 9.17) is 5.11 Å². The normalized spacial score (nSPS) is 12.4. The minimum Gasteiger partial charge on any atom is -0.396 e. The fourth-order valence-electron chi connectivity index (χ4n) is 1.78. The summed E-state index contributed by atoms with van der Waals surface area (Å²) >= 11 is 1.81. The lowest BCUT2D eigenvalue weighted by Crippen LogP contribution is -2.31. The first-order valence-electron chi connectivity index (χ1n) is 6.26. The largest absolute Gasteiger partial charge is 0.396 e. The predicted molar refractivity (Wildman–Crippen MR) is 81.5 cm³/mol. The Hall–Kier alpha value is -0.710. The average molecular weight is 268 g/mol. The van der Waals surface area contributed by atoms with Gasteiger partial charge in [0.15, 0.2) is 0 Å². The Morgan fingerprint density at radius 1 is 1.28 bits per heavy atom. The highest BCUT2D eigenvalue weighted by Crippen LogP contribution is 2.12. The summed E-state index contributed by atoms with van der Waals surface area (Å²) in [6.45, 7) is 1.11. The van der Waals surface area contributed by atoms with Crippen LogP contribution >= 0.6 is 11.8 Å². The highest BCUT2D eigenvalue weighted by molar-refractivity contribution is 7.98. The summed E-state index contributed by atoms with van der Waals surface area (Å²) in [6.07, 6.45) is 2.91. The van der Waals surface area contributed by atoms with E-state index in [-0.39, 0.29) is 6.61 Å². The summed E-state index contributed by atoms with van der Waals surface area (Å²) in [5, 5.41) is 12.5. The quantitative estimate of drug-likeness (QED) is 0.755. The van der Waals surface area contributed by atoms with Crippen LogP contribution in [0.15, 0.2) is 24.3 Å². The average Bonchev–Trinajstić information content (AvgIpc) is 2.37. The molecule has 1 aromatic rings. The van der Waals surface area contributed by atoms with Crippen LogP contribution in [0, 0.1) is 0 Å². The van der Waals surface area contributed by atoms with Gasteiger partial charge in [0.2, 0.25) is 0 Å². The van der Waals surface area contributed by atoms with Gasteiger partial charge in [0.25, 0.3) is 0 Å². The van der Waals surface area contributed by atoms with Crippen molar-refractivity contribution in [1.82, 2.24) is 5.32 Å². The van der Waals surface area contributed by atoms with Gasteiger partial charge in [-0.1, -0.05) is 12.1 Å². The summed E-state index contributed by atoms with van der Waals surface area (Å²) in [7, 11) is 4.09. The maximum absolute atomic E-state index is 9.00. The zero-order valence-electron chi connectivity index (χ0n) is 11.5. The van der Waals surface area contributed by atoms with Gasteiger partial charge in [-0.2, -0.15) is 11.8 Å². The molecule has 0 saturated carbocycles. The second-order valence-electron chi connectivity index (χ2n) is 4.61. The second-order valence-corrected chi connectivity index (χ2v) is 5.52. The number of benzene rings is 1. The number of aliphatic hydroxyl groups is 1. The molecule has 0 aliphatic rings. The van der Waals surface area contributed by atoms with E-state index in [1.54, 1.807) is 0 Å². The lowest BCUT2D eigenvalue weighted by atomic mass is 10.1. The highest BCUT2D eigenvalue weighted by atomic mass is 32.2. The van der Waals surface area contributed by atoms with Crippen molar-refractivity contribution in [2.24, 2.45) is 0 Å². The van der Waals surface area contributed by atoms with Crippen LogP contribution in [0.3, 0.4) is 0 Å². The van der Waals surface area contributed by atoms with Crippen molar-refractivity contribution in [2.75, 3.05) is 37.6 Å². The van der Waals surface area contributed by atoms with Crippen LogP contribution in [-0.4, -0.2) is 43.9 Å². The number of hydrogen-bond acceptors (Lipinski definition) is 4. The first-order valence-corrected chi connectivity index (χ1v) is 7.66. The standard InChI is InChI=1S/C14H24N2OS/c1-16(2)14-6-4-12(5-7-14)10-15-13(8-9-17)11-18-3/h4-7,13,15,17H,8-11H2,1-3H3. The van der Waals surface area contributed by atoms with Gasteiger partial charge in [-0.05, 0) is 30.4 Å².